The summed E-state index contributed by atoms with van der Waals surface area (Å²) < 4.78 is 4.51. The zero-order chi connectivity index (χ0) is 8.10. The summed E-state index contributed by atoms with van der Waals surface area (Å²) in [5, 5.41) is 0. The number of hydrogen-bond acceptors (Lipinski definition) is 3. The molecule has 11 heavy (non-hydrogen) atoms. The van der Waals surface area contributed by atoms with E-state index in [1.807, 2.05) is 0 Å². The van der Waals surface area contributed by atoms with Crippen molar-refractivity contribution in [3.05, 3.63) is 24.3 Å². The second-order valence-electron chi connectivity index (χ2n) is 1.81. The molecule has 0 bridgehead atoms. The molecule has 5 heteroatoms. The zero-order valence-electron chi connectivity index (χ0n) is 5.58. The van der Waals surface area contributed by atoms with Crippen molar-refractivity contribution in [2.45, 2.75) is 0 Å². The lowest BCUT2D eigenvalue weighted by atomic mass is 10.3. The number of halogens is 1. The maximum absolute atomic E-state index is 5.43. The molecule has 0 radical (unpaired) electrons. The summed E-state index contributed by atoms with van der Waals surface area (Å²) in [6, 6.07) is 6.84. The predicted octanol–water partition coefficient (Wildman–Crippen LogP) is 2.33. The van der Waals surface area contributed by atoms with Crippen molar-refractivity contribution in [3.63, 3.8) is 0 Å². The molecule has 1 aromatic rings. The fraction of sp³-hybridized carbons (Fsp3) is 0. The number of nitrogens with two attached hydrogens (primary N) is 1. The van der Waals surface area contributed by atoms with Crippen LogP contribution in [0.25, 0.3) is 0 Å². The van der Waals surface area contributed by atoms with Crippen molar-refractivity contribution < 1.29 is 9.56 Å². The van der Waals surface area contributed by atoms with Gasteiger partial charge in [0.05, 0.1) is 0 Å². The van der Waals surface area contributed by atoms with Gasteiger partial charge >= 0.3 is 0 Å². The van der Waals surface area contributed by atoms with E-state index in [-0.39, 0.29) is 8.16 Å². The van der Waals surface area contributed by atoms with Crippen LogP contribution in [0.5, 0.6) is 5.75 Å². The van der Waals surface area contributed by atoms with Crippen LogP contribution < -0.4 is 10.6 Å². The number of benzene rings is 1. The molecule has 0 amide bonds. The van der Waals surface area contributed by atoms with Gasteiger partial charge in [0.2, 0.25) is 0 Å². The third kappa shape index (κ3) is 2.93. The molecule has 1 rings (SSSR count). The average molecular weight is 192 g/mol. The quantitative estimate of drug-likeness (QED) is 0.345. The number of rotatable bonds is 3. The van der Waals surface area contributed by atoms with Crippen LogP contribution in [0.15, 0.2) is 24.3 Å². The average Bonchev–Trinajstić information content (AvgIpc) is 2.04. The van der Waals surface area contributed by atoms with Crippen LogP contribution >= 0.6 is 19.4 Å². The van der Waals surface area contributed by atoms with Gasteiger partial charge in [0, 0.05) is 5.69 Å². The normalized spacial score (nSPS) is 10.6. The SMILES string of the molecule is Nc1ccc(OOPCl)cc1. The van der Waals surface area contributed by atoms with Gasteiger partial charge in [-0.05, 0) is 24.3 Å². The van der Waals surface area contributed by atoms with Crippen LogP contribution in [0, 0.1) is 0 Å². The smallest absolute Gasteiger partial charge is 0.165 e. The van der Waals surface area contributed by atoms with Crippen LogP contribution in [-0.4, -0.2) is 0 Å². The molecule has 0 saturated heterocycles. The van der Waals surface area contributed by atoms with Crippen molar-refractivity contribution in [2.24, 2.45) is 0 Å². The summed E-state index contributed by atoms with van der Waals surface area (Å²) in [4.78, 5) is 4.73. The maximum Gasteiger partial charge on any atom is 0.165 e. The van der Waals surface area contributed by atoms with Crippen molar-refractivity contribution in [1.29, 1.82) is 0 Å². The molecular formula is C6H7ClNO2P. The van der Waals surface area contributed by atoms with Crippen molar-refractivity contribution in [3.8, 4) is 5.75 Å². The molecule has 3 nitrogen and oxygen atoms in total. The second-order valence-corrected chi connectivity index (χ2v) is 2.60. The first-order valence-electron chi connectivity index (χ1n) is 2.87. The molecule has 0 aliphatic carbocycles. The Morgan fingerprint density at radius 2 is 1.91 bits per heavy atom. The Morgan fingerprint density at radius 3 is 2.45 bits per heavy atom. The van der Waals surface area contributed by atoms with E-state index in [9.17, 15) is 0 Å². The monoisotopic (exact) mass is 191 g/mol. The van der Waals surface area contributed by atoms with Crippen LogP contribution in [-0.2, 0) is 4.67 Å². The summed E-state index contributed by atoms with van der Waals surface area (Å²) in [5.74, 6) is 0.590. The van der Waals surface area contributed by atoms with Gasteiger partial charge in [0.25, 0.3) is 0 Å². The van der Waals surface area contributed by atoms with Gasteiger partial charge in [-0.3, -0.25) is 0 Å². The Kier molecular flexibility index (Phi) is 3.43. The van der Waals surface area contributed by atoms with E-state index in [2.05, 4.69) is 4.67 Å². The summed E-state index contributed by atoms with van der Waals surface area (Å²) in [6.45, 7) is 0. The highest BCUT2D eigenvalue weighted by Gasteiger charge is 1.92. The standard InChI is InChI=1S/C6H7ClNO2P/c7-11-10-9-6-3-1-5(8)2-4-6/h1-4,11H,8H2. The van der Waals surface area contributed by atoms with E-state index in [1.165, 1.54) is 0 Å². The summed E-state index contributed by atoms with van der Waals surface area (Å²) >= 11 is 5.24. The van der Waals surface area contributed by atoms with Gasteiger partial charge < -0.3 is 10.6 Å². The second kappa shape index (κ2) is 4.39. The molecule has 0 aliphatic heterocycles. The molecular weight excluding hydrogens is 184 g/mol. The van der Waals surface area contributed by atoms with E-state index in [1.54, 1.807) is 24.3 Å². The third-order valence-electron chi connectivity index (χ3n) is 1.05. The van der Waals surface area contributed by atoms with Gasteiger partial charge in [0.15, 0.2) is 13.9 Å². The topological polar surface area (TPSA) is 44.5 Å². The van der Waals surface area contributed by atoms with E-state index >= 15 is 0 Å². The number of anilines is 1. The molecule has 0 saturated carbocycles. The maximum atomic E-state index is 5.43. The third-order valence-corrected chi connectivity index (χ3v) is 1.38. The van der Waals surface area contributed by atoms with Crippen molar-refractivity contribution >= 4 is 25.1 Å². The summed E-state index contributed by atoms with van der Waals surface area (Å²) in [6.07, 6.45) is 0. The Bertz CT molecular complexity index is 216. The number of nitrogen functional groups attached to an aromatic ring is 1. The van der Waals surface area contributed by atoms with Crippen LogP contribution in [0.3, 0.4) is 0 Å². The minimum absolute atomic E-state index is 0.201. The lowest BCUT2D eigenvalue weighted by molar-refractivity contribution is -0.0815. The van der Waals surface area contributed by atoms with Gasteiger partial charge in [0.1, 0.15) is 0 Å². The molecule has 1 atom stereocenters. The van der Waals surface area contributed by atoms with Crippen molar-refractivity contribution in [2.75, 3.05) is 5.73 Å². The first-order chi connectivity index (χ1) is 5.33. The Balaban J connectivity index is 2.52. The number of hydrogen-bond donors (Lipinski definition) is 1. The molecule has 1 aromatic carbocycles. The highest BCUT2D eigenvalue weighted by molar-refractivity contribution is 7.64. The Hall–Kier alpha value is -0.500. The molecule has 0 spiro atoms. The van der Waals surface area contributed by atoms with E-state index in [0.717, 1.165) is 0 Å². The van der Waals surface area contributed by atoms with Gasteiger partial charge in [-0.25, -0.2) is 0 Å². The summed E-state index contributed by atoms with van der Waals surface area (Å²) in [7, 11) is -0.201. The highest BCUT2D eigenvalue weighted by atomic mass is 35.7. The Labute approximate surface area is 71.0 Å². The molecule has 0 heterocycles. The summed E-state index contributed by atoms with van der Waals surface area (Å²) in [5.41, 5.74) is 6.12. The van der Waals surface area contributed by atoms with E-state index in [0.29, 0.717) is 11.4 Å². The van der Waals surface area contributed by atoms with Gasteiger partial charge in [-0.2, -0.15) is 4.67 Å². The first kappa shape index (κ1) is 8.60. The van der Waals surface area contributed by atoms with Crippen LogP contribution in [0.2, 0.25) is 0 Å². The predicted molar refractivity (Wildman–Crippen MR) is 46.7 cm³/mol. The van der Waals surface area contributed by atoms with E-state index in [4.69, 9.17) is 21.9 Å². The van der Waals surface area contributed by atoms with Crippen LogP contribution in [0.1, 0.15) is 0 Å². The molecule has 1 unspecified atom stereocenters. The molecule has 0 aliphatic rings. The fourth-order valence-electron chi connectivity index (χ4n) is 0.587. The zero-order valence-corrected chi connectivity index (χ0v) is 7.34. The molecule has 0 aromatic heterocycles. The van der Waals surface area contributed by atoms with Gasteiger partial charge in [-0.1, -0.05) is 11.2 Å². The highest BCUT2D eigenvalue weighted by Crippen LogP contribution is 2.21. The first-order valence-corrected chi connectivity index (χ1v) is 4.79. The molecule has 60 valence electrons. The lowest BCUT2D eigenvalue weighted by Crippen LogP contribution is -1.87. The minimum Gasteiger partial charge on any atom is -0.399 e. The molecule has 2 N–H and O–H groups in total. The van der Waals surface area contributed by atoms with E-state index < -0.39 is 0 Å². The molecule has 0 fully saturated rings. The fourth-order valence-corrected chi connectivity index (χ4v) is 0.809. The van der Waals surface area contributed by atoms with Gasteiger partial charge in [-0.15, -0.1) is 0 Å². The Morgan fingerprint density at radius 1 is 1.27 bits per heavy atom. The minimum atomic E-state index is -0.201. The van der Waals surface area contributed by atoms with Crippen molar-refractivity contribution in [1.82, 2.24) is 0 Å². The lowest BCUT2D eigenvalue weighted by Gasteiger charge is -2.00. The van der Waals surface area contributed by atoms with Crippen LogP contribution in [0.4, 0.5) is 5.69 Å². The largest absolute Gasteiger partial charge is 0.399 e.